The smallest absolute Gasteiger partial charge is 0.285 e. The van der Waals surface area contributed by atoms with Crippen molar-refractivity contribution >= 4 is 13.6 Å². The lowest BCUT2D eigenvalue weighted by atomic mass is 10.1. The molecule has 33 heavy (non-hydrogen) atoms. The minimum absolute atomic E-state index is 0.187. The Morgan fingerprint density at radius 1 is 1.30 bits per heavy atom. The van der Waals surface area contributed by atoms with Gasteiger partial charge in [-0.15, -0.1) is 0 Å². The summed E-state index contributed by atoms with van der Waals surface area (Å²) in [5.74, 6) is 1.10. The van der Waals surface area contributed by atoms with Gasteiger partial charge in [0.25, 0.3) is 13.6 Å². The molecule has 0 saturated carbocycles. The molecule has 1 atom stereocenters. The second-order valence-corrected chi connectivity index (χ2v) is 8.18. The monoisotopic (exact) mass is 472 g/mol. The minimum Gasteiger partial charge on any atom is -0.756 e. The number of nitrogens with zero attached hydrogens (tertiary/aromatic N) is 5. The molecule has 4 rings (SSSR count). The highest BCUT2D eigenvalue weighted by Crippen LogP contribution is 2.30. The molecule has 0 aliphatic heterocycles. The number of nitrogens with two attached hydrogens (primary N) is 1. The number of ether oxygens (including phenoxy) is 1. The normalized spacial score (nSPS) is 13.0. The molecule has 0 radical (unpaired) electrons. The number of nitrogen functional groups attached to an aromatic ring is 1. The van der Waals surface area contributed by atoms with Crippen molar-refractivity contribution in [1.82, 2.24) is 19.9 Å². The van der Waals surface area contributed by atoms with Crippen LogP contribution < -0.4 is 19.9 Å². The largest absolute Gasteiger partial charge is 0.756 e. The number of phosphoric ester groups is 1. The van der Waals surface area contributed by atoms with E-state index >= 15 is 0 Å². The van der Waals surface area contributed by atoms with Gasteiger partial charge in [-0.05, 0) is 23.8 Å². The van der Waals surface area contributed by atoms with Crippen molar-refractivity contribution in [2.75, 3.05) is 12.3 Å². The lowest BCUT2D eigenvalue weighted by Gasteiger charge is -2.14. The Morgan fingerprint density at radius 3 is 2.91 bits per heavy atom. The molecule has 0 aliphatic rings. The highest BCUT2D eigenvalue weighted by atomic mass is 31.2. The minimum atomic E-state index is -4.88. The molecule has 0 spiro atoms. The summed E-state index contributed by atoms with van der Waals surface area (Å²) in [6.45, 7) is 0.609. The van der Waals surface area contributed by atoms with Crippen LogP contribution in [0.15, 0.2) is 65.7 Å². The fourth-order valence-corrected chi connectivity index (χ4v) is 3.30. The third-order valence-electron chi connectivity index (χ3n) is 4.61. The van der Waals surface area contributed by atoms with Crippen molar-refractivity contribution in [2.45, 2.75) is 19.7 Å². The second kappa shape index (κ2) is 9.92. The van der Waals surface area contributed by atoms with E-state index in [1.807, 2.05) is 18.3 Å². The van der Waals surface area contributed by atoms with Crippen molar-refractivity contribution < 1.29 is 32.7 Å². The van der Waals surface area contributed by atoms with Gasteiger partial charge >= 0.3 is 0 Å². The van der Waals surface area contributed by atoms with Crippen molar-refractivity contribution in [3.8, 4) is 17.2 Å². The molecule has 0 bridgehead atoms. The summed E-state index contributed by atoms with van der Waals surface area (Å²) < 4.78 is 29.4. The molecule has 3 N–H and O–H groups in total. The number of hydrogen-bond acceptors (Lipinski definition) is 9. The van der Waals surface area contributed by atoms with Gasteiger partial charge in [0.1, 0.15) is 12.2 Å². The van der Waals surface area contributed by atoms with Crippen LogP contribution in [0.25, 0.3) is 11.3 Å². The average molecular weight is 472 g/mol. The average Bonchev–Trinajstić information content (AvgIpc) is 3.46. The maximum absolute atomic E-state index is 10.8. The Morgan fingerprint density at radius 2 is 2.18 bits per heavy atom. The summed E-state index contributed by atoms with van der Waals surface area (Å²) in [7, 11) is -4.88. The second-order valence-electron chi connectivity index (χ2n) is 6.99. The van der Waals surface area contributed by atoms with Crippen molar-refractivity contribution in [2.24, 2.45) is 0 Å². The number of pyridine rings is 2. The Balaban J connectivity index is 1.37. The van der Waals surface area contributed by atoms with E-state index in [9.17, 15) is 9.46 Å². The van der Waals surface area contributed by atoms with Gasteiger partial charge in [0.05, 0.1) is 18.4 Å². The van der Waals surface area contributed by atoms with Gasteiger partial charge in [-0.3, -0.25) is 19.5 Å². The molecular formula is C20H21N6O6P. The summed E-state index contributed by atoms with van der Waals surface area (Å²) in [6, 6.07) is 10.6. The van der Waals surface area contributed by atoms with E-state index in [1.165, 1.54) is 10.8 Å². The molecule has 12 nitrogen and oxygen atoms in total. The molecule has 4 aromatic rings. The standard InChI is InChI=1S/C20H21N6O6P/c21-20-17(3-1-7-25(20)14-31-33(27,28)29)18-12-16(24-32-18)11-15-4-5-19(22-13-15)30-10-9-26-8-2-6-23-26/h1-8,12-13,21H,9-11,14H2,(H2,27,28,29). The Hall–Kier alpha value is -3.57. The number of anilines is 1. The Kier molecular flexibility index (Phi) is 6.80. The molecule has 13 heteroatoms. The Bertz CT molecular complexity index is 1240. The van der Waals surface area contributed by atoms with Gasteiger partial charge in [-0.1, -0.05) is 11.2 Å². The fourth-order valence-electron chi connectivity index (χ4n) is 3.03. The molecule has 0 aromatic carbocycles. The third kappa shape index (κ3) is 6.24. The molecule has 1 unspecified atom stereocenters. The fraction of sp³-hybridized carbons (Fsp3) is 0.200. The quantitative estimate of drug-likeness (QED) is 0.250. The zero-order chi connectivity index (χ0) is 23.3. The third-order valence-corrected chi connectivity index (χ3v) is 5.05. The maximum atomic E-state index is 10.8. The molecule has 172 valence electrons. The van der Waals surface area contributed by atoms with Crippen LogP contribution in [0.3, 0.4) is 0 Å². The SMILES string of the molecule is Nc1c(-c2cc(Cc3ccc(OCCn4cccn4)nc3)no2)ccc[n+]1COP(=O)([O-])O. The van der Waals surface area contributed by atoms with Crippen molar-refractivity contribution in [1.29, 1.82) is 0 Å². The van der Waals surface area contributed by atoms with Gasteiger partial charge in [0.15, 0.2) is 12.5 Å². The topological polar surface area (TPSA) is 165 Å². The first-order valence-corrected chi connectivity index (χ1v) is 11.3. The Labute approximate surface area is 188 Å². The van der Waals surface area contributed by atoms with Crippen LogP contribution in [0.5, 0.6) is 5.88 Å². The van der Waals surface area contributed by atoms with Gasteiger partial charge < -0.3 is 19.0 Å². The van der Waals surface area contributed by atoms with E-state index in [2.05, 4.69) is 19.8 Å². The van der Waals surface area contributed by atoms with E-state index in [4.69, 9.17) is 19.9 Å². The highest BCUT2D eigenvalue weighted by Gasteiger charge is 2.18. The van der Waals surface area contributed by atoms with Crippen LogP contribution in [-0.2, 0) is 28.8 Å². The lowest BCUT2D eigenvalue weighted by molar-refractivity contribution is -0.712. The summed E-state index contributed by atoms with van der Waals surface area (Å²) in [4.78, 5) is 23.9. The summed E-state index contributed by atoms with van der Waals surface area (Å²) in [6.07, 6.45) is 7.27. The van der Waals surface area contributed by atoms with Crippen LogP contribution in [0.1, 0.15) is 11.3 Å². The molecular weight excluding hydrogens is 451 g/mol. The highest BCUT2D eigenvalue weighted by molar-refractivity contribution is 7.44. The number of phosphoric acid groups is 1. The molecule has 0 aliphatic carbocycles. The van der Waals surface area contributed by atoms with E-state index < -0.39 is 14.6 Å². The molecule has 4 heterocycles. The summed E-state index contributed by atoms with van der Waals surface area (Å²) in [5.41, 5.74) is 8.15. The molecule has 0 saturated heterocycles. The summed E-state index contributed by atoms with van der Waals surface area (Å²) in [5, 5.41) is 8.18. The van der Waals surface area contributed by atoms with Crippen molar-refractivity contribution in [3.05, 3.63) is 72.4 Å². The van der Waals surface area contributed by atoms with Gasteiger partial charge in [-0.25, -0.2) is 9.55 Å². The zero-order valence-corrected chi connectivity index (χ0v) is 18.2. The van der Waals surface area contributed by atoms with E-state index in [0.29, 0.717) is 42.5 Å². The number of hydrogen-bond donors (Lipinski definition) is 2. The van der Waals surface area contributed by atoms with Crippen LogP contribution in [0, 0.1) is 0 Å². The number of rotatable bonds is 10. The lowest BCUT2D eigenvalue weighted by Crippen LogP contribution is -2.38. The first kappa shape index (κ1) is 22.6. The van der Waals surface area contributed by atoms with Crippen LogP contribution in [0.2, 0.25) is 0 Å². The van der Waals surface area contributed by atoms with Crippen LogP contribution in [0.4, 0.5) is 5.82 Å². The molecule has 0 amide bonds. The van der Waals surface area contributed by atoms with Gasteiger partial charge in [0.2, 0.25) is 5.88 Å². The first-order chi connectivity index (χ1) is 15.9. The van der Waals surface area contributed by atoms with Crippen LogP contribution in [-0.4, -0.2) is 31.4 Å². The predicted molar refractivity (Wildman–Crippen MR) is 112 cm³/mol. The first-order valence-electron chi connectivity index (χ1n) is 9.85. The number of aromatic nitrogens is 5. The van der Waals surface area contributed by atoms with Crippen molar-refractivity contribution in [3.63, 3.8) is 0 Å². The molecule has 0 fully saturated rings. The molecule has 4 aromatic heterocycles. The van der Waals surface area contributed by atoms with E-state index in [1.54, 1.807) is 41.3 Å². The summed E-state index contributed by atoms with van der Waals surface area (Å²) >= 11 is 0. The van der Waals surface area contributed by atoms with Gasteiger partial charge in [0, 0.05) is 37.1 Å². The van der Waals surface area contributed by atoms with E-state index in [-0.39, 0.29) is 5.82 Å². The zero-order valence-electron chi connectivity index (χ0n) is 17.4. The van der Waals surface area contributed by atoms with Gasteiger partial charge in [-0.2, -0.15) is 5.10 Å². The predicted octanol–water partition coefficient (Wildman–Crippen LogP) is 0.907. The maximum Gasteiger partial charge on any atom is 0.285 e. The van der Waals surface area contributed by atoms with Crippen LogP contribution >= 0.6 is 7.82 Å². The van der Waals surface area contributed by atoms with E-state index in [0.717, 1.165) is 5.56 Å².